The van der Waals surface area contributed by atoms with Crippen molar-refractivity contribution in [3.05, 3.63) is 35.9 Å². The number of hydrogen-bond acceptors (Lipinski definition) is 3. The number of hydrogen-bond donors (Lipinski definition) is 1. The Bertz CT molecular complexity index is 634. The maximum Gasteiger partial charge on any atom is 0.243 e. The zero-order chi connectivity index (χ0) is 17.6. The molecule has 3 rings (SSSR count). The van der Waals surface area contributed by atoms with Gasteiger partial charge in [-0.1, -0.05) is 37.3 Å². The molecule has 1 aromatic carbocycles. The molecule has 0 atom stereocenters. The monoisotopic (exact) mass is 341 g/mol. The fraction of sp³-hybridized carbons (Fsp3) is 0.550. The lowest BCUT2D eigenvalue weighted by molar-refractivity contribution is -0.132. The molecule has 2 amide bonds. The molecule has 0 spiro atoms. The maximum atomic E-state index is 12.2. The minimum Gasteiger partial charge on any atom is -0.353 e. The standard InChI is InChI=1S/C20H27N3O2/c1-15-7-9-17(10-8-15)21-19(24)13-14-23-20(25)12-11-18(22-23)16-5-3-2-4-6-16/h2-6,15,17H,7-14H2,1H3,(H,21,24). The lowest BCUT2D eigenvalue weighted by Crippen LogP contribution is -2.40. The van der Waals surface area contributed by atoms with Crippen LogP contribution in [0.15, 0.2) is 35.4 Å². The van der Waals surface area contributed by atoms with Crippen LogP contribution in [0.1, 0.15) is 57.4 Å². The minimum absolute atomic E-state index is 0.000952. The molecule has 1 fully saturated rings. The van der Waals surface area contributed by atoms with Gasteiger partial charge >= 0.3 is 0 Å². The van der Waals surface area contributed by atoms with E-state index in [0.717, 1.165) is 30.0 Å². The summed E-state index contributed by atoms with van der Waals surface area (Å²) in [5.41, 5.74) is 1.96. The first kappa shape index (κ1) is 17.6. The molecule has 5 nitrogen and oxygen atoms in total. The van der Waals surface area contributed by atoms with E-state index in [1.165, 1.54) is 17.9 Å². The summed E-state index contributed by atoms with van der Waals surface area (Å²) in [7, 11) is 0. The van der Waals surface area contributed by atoms with E-state index in [2.05, 4.69) is 17.3 Å². The van der Waals surface area contributed by atoms with Crippen LogP contribution in [0.25, 0.3) is 0 Å². The van der Waals surface area contributed by atoms with Crippen molar-refractivity contribution in [1.82, 2.24) is 10.3 Å². The van der Waals surface area contributed by atoms with Crippen LogP contribution >= 0.6 is 0 Å². The Morgan fingerprint density at radius 2 is 1.88 bits per heavy atom. The number of carbonyl (C=O) groups is 2. The van der Waals surface area contributed by atoms with Crippen molar-refractivity contribution in [1.29, 1.82) is 0 Å². The van der Waals surface area contributed by atoms with E-state index in [9.17, 15) is 9.59 Å². The van der Waals surface area contributed by atoms with Gasteiger partial charge in [0.2, 0.25) is 11.8 Å². The lowest BCUT2D eigenvalue weighted by atomic mass is 9.87. The second kappa shape index (κ2) is 8.28. The molecule has 25 heavy (non-hydrogen) atoms. The largest absolute Gasteiger partial charge is 0.353 e. The molecule has 1 aliphatic carbocycles. The SMILES string of the molecule is CC1CCC(NC(=O)CCN2N=C(c3ccccc3)CCC2=O)CC1. The van der Waals surface area contributed by atoms with Crippen LogP contribution in [0.2, 0.25) is 0 Å². The topological polar surface area (TPSA) is 61.8 Å². The summed E-state index contributed by atoms with van der Waals surface area (Å²) in [6.45, 7) is 2.62. The normalized spacial score (nSPS) is 24.0. The quantitative estimate of drug-likeness (QED) is 0.894. The van der Waals surface area contributed by atoms with Gasteiger partial charge in [-0.05, 0) is 37.2 Å². The van der Waals surface area contributed by atoms with E-state index >= 15 is 0 Å². The van der Waals surface area contributed by atoms with Crippen molar-refractivity contribution < 1.29 is 9.59 Å². The summed E-state index contributed by atoms with van der Waals surface area (Å²) >= 11 is 0. The summed E-state index contributed by atoms with van der Waals surface area (Å²) in [5.74, 6) is 0.790. The Labute approximate surface area is 149 Å². The molecule has 1 N–H and O–H groups in total. The Hall–Kier alpha value is -2.17. The van der Waals surface area contributed by atoms with Gasteiger partial charge in [0, 0.05) is 25.3 Å². The van der Waals surface area contributed by atoms with Crippen molar-refractivity contribution in [2.75, 3.05) is 6.54 Å². The Balaban J connectivity index is 1.52. The van der Waals surface area contributed by atoms with Gasteiger partial charge in [-0.3, -0.25) is 9.59 Å². The van der Waals surface area contributed by atoms with Crippen LogP contribution < -0.4 is 5.32 Å². The average molecular weight is 341 g/mol. The molecule has 0 unspecified atom stereocenters. The number of nitrogens with zero attached hydrogens (tertiary/aromatic N) is 2. The van der Waals surface area contributed by atoms with E-state index in [1.54, 1.807) is 0 Å². The molecule has 0 aromatic heterocycles. The van der Waals surface area contributed by atoms with E-state index in [-0.39, 0.29) is 11.8 Å². The van der Waals surface area contributed by atoms with Gasteiger partial charge in [0.25, 0.3) is 0 Å². The van der Waals surface area contributed by atoms with Crippen molar-refractivity contribution in [2.45, 2.75) is 57.9 Å². The highest BCUT2D eigenvalue weighted by atomic mass is 16.2. The first-order valence-electron chi connectivity index (χ1n) is 9.34. The van der Waals surface area contributed by atoms with Crippen molar-refractivity contribution in [3.63, 3.8) is 0 Å². The number of hydrazone groups is 1. The van der Waals surface area contributed by atoms with Gasteiger partial charge in [-0.25, -0.2) is 5.01 Å². The Morgan fingerprint density at radius 1 is 1.16 bits per heavy atom. The van der Waals surface area contributed by atoms with Crippen LogP contribution in [0.5, 0.6) is 0 Å². The number of rotatable bonds is 5. The van der Waals surface area contributed by atoms with Gasteiger partial charge < -0.3 is 5.32 Å². The van der Waals surface area contributed by atoms with Gasteiger partial charge in [-0.2, -0.15) is 5.10 Å². The first-order valence-corrected chi connectivity index (χ1v) is 9.34. The summed E-state index contributed by atoms with van der Waals surface area (Å²) < 4.78 is 0. The van der Waals surface area contributed by atoms with Crippen molar-refractivity contribution in [3.8, 4) is 0 Å². The fourth-order valence-corrected chi connectivity index (χ4v) is 3.52. The predicted octanol–water partition coefficient (Wildman–Crippen LogP) is 3.10. The number of amides is 2. The zero-order valence-electron chi connectivity index (χ0n) is 14.9. The van der Waals surface area contributed by atoms with E-state index < -0.39 is 0 Å². The highest BCUT2D eigenvalue weighted by Crippen LogP contribution is 2.23. The zero-order valence-corrected chi connectivity index (χ0v) is 14.9. The summed E-state index contributed by atoms with van der Waals surface area (Å²) in [6.07, 6.45) is 5.91. The fourth-order valence-electron chi connectivity index (χ4n) is 3.52. The Morgan fingerprint density at radius 3 is 2.60 bits per heavy atom. The smallest absolute Gasteiger partial charge is 0.243 e. The summed E-state index contributed by atoms with van der Waals surface area (Å²) in [4.78, 5) is 24.3. The predicted molar refractivity (Wildman–Crippen MR) is 98.1 cm³/mol. The third-order valence-electron chi connectivity index (χ3n) is 5.14. The molecule has 0 saturated heterocycles. The molecule has 1 aromatic rings. The maximum absolute atomic E-state index is 12.2. The molecule has 2 aliphatic rings. The summed E-state index contributed by atoms with van der Waals surface area (Å²) in [6, 6.07) is 10.2. The molecule has 134 valence electrons. The van der Waals surface area contributed by atoms with Crippen molar-refractivity contribution in [2.24, 2.45) is 11.0 Å². The van der Waals surface area contributed by atoms with Gasteiger partial charge in [0.1, 0.15) is 0 Å². The third-order valence-corrected chi connectivity index (χ3v) is 5.14. The van der Waals surface area contributed by atoms with Gasteiger partial charge in [0.15, 0.2) is 0 Å². The second-order valence-corrected chi connectivity index (χ2v) is 7.20. The molecule has 0 bridgehead atoms. The van der Waals surface area contributed by atoms with E-state index in [4.69, 9.17) is 0 Å². The van der Waals surface area contributed by atoms with Gasteiger partial charge in [0.05, 0.1) is 12.3 Å². The van der Waals surface area contributed by atoms with Crippen LogP contribution in [-0.2, 0) is 9.59 Å². The van der Waals surface area contributed by atoms with Crippen LogP contribution in [-0.4, -0.2) is 35.1 Å². The van der Waals surface area contributed by atoms with E-state index in [1.807, 2.05) is 30.3 Å². The number of carbonyl (C=O) groups excluding carboxylic acids is 2. The molecule has 0 radical (unpaired) electrons. The average Bonchev–Trinajstić information content (AvgIpc) is 2.64. The van der Waals surface area contributed by atoms with Crippen LogP contribution in [0, 0.1) is 5.92 Å². The molecule has 1 saturated carbocycles. The summed E-state index contributed by atoms with van der Waals surface area (Å²) in [5, 5.41) is 9.06. The molecule has 5 heteroatoms. The highest BCUT2D eigenvalue weighted by Gasteiger charge is 2.23. The molecule has 1 aliphatic heterocycles. The minimum atomic E-state index is -0.000952. The first-order chi connectivity index (χ1) is 12.1. The number of nitrogens with one attached hydrogen (secondary N) is 1. The molecule has 1 heterocycles. The second-order valence-electron chi connectivity index (χ2n) is 7.20. The van der Waals surface area contributed by atoms with Crippen molar-refractivity contribution >= 4 is 17.5 Å². The molecular weight excluding hydrogens is 314 g/mol. The highest BCUT2D eigenvalue weighted by molar-refractivity contribution is 6.04. The van der Waals surface area contributed by atoms with Crippen LogP contribution in [0.4, 0.5) is 0 Å². The number of benzene rings is 1. The van der Waals surface area contributed by atoms with Gasteiger partial charge in [-0.15, -0.1) is 0 Å². The molecular formula is C20H27N3O2. The lowest BCUT2D eigenvalue weighted by Gasteiger charge is -2.27. The third kappa shape index (κ3) is 4.91. The Kier molecular flexibility index (Phi) is 5.84. The van der Waals surface area contributed by atoms with Crippen LogP contribution in [0.3, 0.4) is 0 Å². The van der Waals surface area contributed by atoms with E-state index in [0.29, 0.717) is 31.8 Å².